The number of nitrogens with zero attached hydrogens (tertiary/aromatic N) is 1. The Kier molecular flexibility index (Phi) is 4.05. The smallest absolute Gasteiger partial charge is 0.134 e. The Hall–Kier alpha value is -1.32. The lowest BCUT2D eigenvalue weighted by molar-refractivity contribution is 0.239. The summed E-state index contributed by atoms with van der Waals surface area (Å²) in [6, 6.07) is 8.21. The molecule has 21 heavy (non-hydrogen) atoms. The molecular weight excluding hydrogens is 260 g/mol. The zero-order chi connectivity index (χ0) is 14.9. The summed E-state index contributed by atoms with van der Waals surface area (Å²) in [5, 5.41) is 1.17. The summed E-state index contributed by atoms with van der Waals surface area (Å²) in [4.78, 5) is 2.52. The molecule has 0 radical (unpaired) electrons. The van der Waals surface area contributed by atoms with Gasteiger partial charge in [0.25, 0.3) is 0 Å². The molecule has 0 amide bonds. The van der Waals surface area contributed by atoms with Crippen molar-refractivity contribution in [2.45, 2.75) is 46.2 Å². The zero-order valence-electron chi connectivity index (χ0n) is 13.2. The van der Waals surface area contributed by atoms with E-state index >= 15 is 0 Å². The van der Waals surface area contributed by atoms with Crippen molar-refractivity contribution in [3.8, 4) is 0 Å². The average Bonchev–Trinajstić information content (AvgIpc) is 2.71. The molecule has 2 aromatic rings. The topological polar surface area (TPSA) is 42.4 Å². The molecule has 1 aromatic heterocycles. The molecule has 1 fully saturated rings. The van der Waals surface area contributed by atoms with Gasteiger partial charge in [-0.05, 0) is 43.8 Å². The molecule has 2 heterocycles. The molecule has 3 rings (SSSR count). The van der Waals surface area contributed by atoms with E-state index in [0.29, 0.717) is 12.0 Å². The molecule has 3 nitrogen and oxygen atoms in total. The fourth-order valence-corrected chi connectivity index (χ4v) is 3.34. The maximum atomic E-state index is 6.06. The fourth-order valence-electron chi connectivity index (χ4n) is 3.34. The molecule has 0 atom stereocenters. The van der Waals surface area contributed by atoms with E-state index in [2.05, 4.69) is 30.9 Å². The van der Waals surface area contributed by atoms with Gasteiger partial charge in [-0.1, -0.05) is 32.0 Å². The molecule has 3 heteroatoms. The van der Waals surface area contributed by atoms with Gasteiger partial charge in [-0.25, -0.2) is 0 Å². The lowest BCUT2D eigenvalue weighted by Gasteiger charge is -2.23. The third-order valence-corrected chi connectivity index (χ3v) is 4.79. The van der Waals surface area contributed by atoms with E-state index < -0.39 is 0 Å². The lowest BCUT2D eigenvalue weighted by Crippen LogP contribution is -2.25. The van der Waals surface area contributed by atoms with Crippen LogP contribution in [0.3, 0.4) is 0 Å². The summed E-state index contributed by atoms with van der Waals surface area (Å²) in [6.45, 7) is 8.49. The molecule has 2 N–H and O–H groups in total. The van der Waals surface area contributed by atoms with Crippen LogP contribution < -0.4 is 5.73 Å². The summed E-state index contributed by atoms with van der Waals surface area (Å²) in [7, 11) is 0. The van der Waals surface area contributed by atoms with Crippen LogP contribution in [0.25, 0.3) is 11.0 Å². The minimum atomic E-state index is 0.472. The zero-order valence-corrected chi connectivity index (χ0v) is 13.2. The molecule has 1 saturated heterocycles. The first-order valence-corrected chi connectivity index (χ1v) is 8.01. The molecule has 0 bridgehead atoms. The number of hydrogen-bond donors (Lipinski definition) is 1. The first kappa shape index (κ1) is 14.6. The Morgan fingerprint density at radius 1 is 1.19 bits per heavy atom. The van der Waals surface area contributed by atoms with Crippen LogP contribution in [-0.4, -0.2) is 18.0 Å². The maximum Gasteiger partial charge on any atom is 0.134 e. The number of hydrogen-bond acceptors (Lipinski definition) is 3. The normalized spacial score (nSPS) is 19.8. The number of benzene rings is 1. The monoisotopic (exact) mass is 286 g/mol. The Labute approximate surface area is 127 Å². The van der Waals surface area contributed by atoms with Crippen LogP contribution in [0.5, 0.6) is 0 Å². The highest BCUT2D eigenvalue weighted by atomic mass is 16.3. The quantitative estimate of drug-likeness (QED) is 0.930. The molecular formula is C18H26N2O. The molecule has 1 aliphatic rings. The SMILES string of the molecule is CC1(C)CCCN(Cc2oc3ccccc3c2CN)CC1. The van der Waals surface area contributed by atoms with Crippen molar-refractivity contribution in [2.75, 3.05) is 13.1 Å². The van der Waals surface area contributed by atoms with E-state index in [4.69, 9.17) is 10.2 Å². The lowest BCUT2D eigenvalue weighted by atomic mass is 9.85. The van der Waals surface area contributed by atoms with Gasteiger partial charge in [0.05, 0.1) is 6.54 Å². The van der Waals surface area contributed by atoms with Gasteiger partial charge >= 0.3 is 0 Å². The second-order valence-corrected chi connectivity index (χ2v) is 7.00. The summed E-state index contributed by atoms with van der Waals surface area (Å²) in [5.41, 5.74) is 8.57. The van der Waals surface area contributed by atoms with Gasteiger partial charge in [0.1, 0.15) is 11.3 Å². The van der Waals surface area contributed by atoms with Gasteiger partial charge in [-0.2, -0.15) is 0 Å². The van der Waals surface area contributed by atoms with E-state index in [9.17, 15) is 0 Å². The molecule has 114 valence electrons. The standard InChI is InChI=1S/C18H26N2O/c1-18(2)8-5-10-20(11-9-18)13-17-15(12-19)14-6-3-4-7-16(14)21-17/h3-4,6-7H,5,8-13,19H2,1-2H3. The minimum Gasteiger partial charge on any atom is -0.459 e. The summed E-state index contributed by atoms with van der Waals surface area (Å²) < 4.78 is 6.06. The van der Waals surface area contributed by atoms with E-state index in [1.54, 1.807) is 0 Å². The predicted octanol–water partition coefficient (Wildman–Crippen LogP) is 3.90. The Balaban J connectivity index is 1.81. The highest BCUT2D eigenvalue weighted by Gasteiger charge is 2.24. The maximum absolute atomic E-state index is 6.06. The summed E-state index contributed by atoms with van der Waals surface area (Å²) in [6.07, 6.45) is 3.84. The van der Waals surface area contributed by atoms with Gasteiger partial charge < -0.3 is 10.2 Å². The third-order valence-electron chi connectivity index (χ3n) is 4.79. The predicted molar refractivity (Wildman–Crippen MR) is 87.0 cm³/mol. The van der Waals surface area contributed by atoms with Crippen molar-refractivity contribution in [3.05, 3.63) is 35.6 Å². The van der Waals surface area contributed by atoms with Gasteiger partial charge in [-0.15, -0.1) is 0 Å². The van der Waals surface area contributed by atoms with Crippen LogP contribution in [-0.2, 0) is 13.1 Å². The van der Waals surface area contributed by atoms with Crippen molar-refractivity contribution < 1.29 is 4.42 Å². The molecule has 1 aliphatic heterocycles. The Bertz CT molecular complexity index is 615. The second-order valence-electron chi connectivity index (χ2n) is 7.00. The van der Waals surface area contributed by atoms with Crippen molar-refractivity contribution in [2.24, 2.45) is 11.1 Å². The molecule has 0 saturated carbocycles. The van der Waals surface area contributed by atoms with Crippen LogP contribution in [0.2, 0.25) is 0 Å². The van der Waals surface area contributed by atoms with Crippen molar-refractivity contribution in [1.29, 1.82) is 0 Å². The van der Waals surface area contributed by atoms with Crippen LogP contribution in [0.4, 0.5) is 0 Å². The molecule has 0 spiro atoms. The highest BCUT2D eigenvalue weighted by molar-refractivity contribution is 5.82. The van der Waals surface area contributed by atoms with Gasteiger partial charge in [0, 0.05) is 17.5 Å². The van der Waals surface area contributed by atoms with Gasteiger partial charge in [0.2, 0.25) is 0 Å². The van der Waals surface area contributed by atoms with Crippen molar-refractivity contribution >= 4 is 11.0 Å². The molecule has 1 aromatic carbocycles. The number of likely N-dealkylation sites (tertiary alicyclic amines) is 1. The highest BCUT2D eigenvalue weighted by Crippen LogP contribution is 2.31. The van der Waals surface area contributed by atoms with Crippen molar-refractivity contribution in [1.82, 2.24) is 4.90 Å². The third kappa shape index (κ3) is 3.14. The van der Waals surface area contributed by atoms with E-state index in [0.717, 1.165) is 31.0 Å². The van der Waals surface area contributed by atoms with Gasteiger partial charge in [0.15, 0.2) is 0 Å². The molecule has 0 unspecified atom stereocenters. The van der Waals surface area contributed by atoms with Crippen LogP contribution in [0.1, 0.15) is 44.4 Å². The summed E-state index contributed by atoms with van der Waals surface area (Å²) >= 11 is 0. The first-order valence-electron chi connectivity index (χ1n) is 8.01. The minimum absolute atomic E-state index is 0.472. The Morgan fingerprint density at radius 3 is 2.81 bits per heavy atom. The first-order chi connectivity index (χ1) is 10.1. The van der Waals surface area contributed by atoms with E-state index in [1.807, 2.05) is 12.1 Å². The number of nitrogens with two attached hydrogens (primary N) is 1. The summed E-state index contributed by atoms with van der Waals surface area (Å²) in [5.74, 6) is 1.05. The fraction of sp³-hybridized carbons (Fsp3) is 0.556. The largest absolute Gasteiger partial charge is 0.459 e. The molecule has 0 aliphatic carbocycles. The number of fused-ring (bicyclic) bond motifs is 1. The van der Waals surface area contributed by atoms with E-state index in [1.165, 1.54) is 30.2 Å². The van der Waals surface area contributed by atoms with Crippen molar-refractivity contribution in [3.63, 3.8) is 0 Å². The number of para-hydroxylation sites is 1. The Morgan fingerprint density at radius 2 is 2.00 bits per heavy atom. The second kappa shape index (κ2) is 5.82. The number of furan rings is 1. The van der Waals surface area contributed by atoms with Crippen LogP contribution in [0, 0.1) is 5.41 Å². The van der Waals surface area contributed by atoms with E-state index in [-0.39, 0.29) is 0 Å². The average molecular weight is 286 g/mol. The van der Waals surface area contributed by atoms with Crippen LogP contribution in [0.15, 0.2) is 28.7 Å². The number of rotatable bonds is 3. The van der Waals surface area contributed by atoms with Crippen LogP contribution >= 0.6 is 0 Å². The van der Waals surface area contributed by atoms with Gasteiger partial charge in [-0.3, -0.25) is 4.90 Å².